The van der Waals surface area contributed by atoms with Gasteiger partial charge in [-0.1, -0.05) is 18.0 Å². The smallest absolute Gasteiger partial charge is 0.128 e. The molecule has 3 heterocycles. The van der Waals surface area contributed by atoms with Crippen molar-refractivity contribution in [2.75, 3.05) is 39.4 Å². The molecule has 2 aliphatic heterocycles. The highest BCUT2D eigenvalue weighted by molar-refractivity contribution is 6.29. The number of hydrogen-bond donors (Lipinski definition) is 0. The summed E-state index contributed by atoms with van der Waals surface area (Å²) in [5.41, 5.74) is 0. The third-order valence-corrected chi connectivity index (χ3v) is 5.05. The van der Waals surface area contributed by atoms with Gasteiger partial charge in [0.25, 0.3) is 0 Å². The SMILES string of the molecule is Cn1c(Cl)cnc1CN1CCCCC1CN1CCOCC1. The lowest BCUT2D eigenvalue weighted by molar-refractivity contribution is 0.0147. The van der Waals surface area contributed by atoms with E-state index in [1.807, 2.05) is 11.6 Å². The summed E-state index contributed by atoms with van der Waals surface area (Å²) in [4.78, 5) is 9.57. The number of aromatic nitrogens is 2. The largest absolute Gasteiger partial charge is 0.379 e. The summed E-state index contributed by atoms with van der Waals surface area (Å²) in [6, 6.07) is 0.632. The molecule has 2 aliphatic rings. The lowest BCUT2D eigenvalue weighted by Gasteiger charge is -2.39. The molecule has 1 unspecified atom stereocenters. The van der Waals surface area contributed by atoms with Gasteiger partial charge in [0.2, 0.25) is 0 Å². The molecule has 5 nitrogen and oxygen atoms in total. The minimum absolute atomic E-state index is 0.632. The van der Waals surface area contributed by atoms with Crippen molar-refractivity contribution in [1.29, 1.82) is 0 Å². The predicted octanol–water partition coefficient (Wildman–Crippen LogP) is 1.76. The Hall–Kier alpha value is -0.620. The van der Waals surface area contributed by atoms with Crippen LogP contribution in [0.1, 0.15) is 25.1 Å². The van der Waals surface area contributed by atoms with Crippen molar-refractivity contribution in [2.45, 2.75) is 31.8 Å². The highest BCUT2D eigenvalue weighted by Gasteiger charge is 2.26. The van der Waals surface area contributed by atoms with Crippen molar-refractivity contribution in [2.24, 2.45) is 7.05 Å². The Kier molecular flexibility index (Phi) is 5.16. The maximum absolute atomic E-state index is 6.10. The molecule has 0 N–H and O–H groups in total. The van der Waals surface area contributed by atoms with Crippen molar-refractivity contribution in [3.05, 3.63) is 17.2 Å². The van der Waals surface area contributed by atoms with E-state index in [2.05, 4.69) is 14.8 Å². The zero-order valence-corrected chi connectivity index (χ0v) is 13.6. The first-order valence-corrected chi connectivity index (χ1v) is 8.32. The monoisotopic (exact) mass is 312 g/mol. The maximum atomic E-state index is 6.10. The summed E-state index contributed by atoms with van der Waals surface area (Å²) in [5.74, 6) is 1.06. The molecule has 0 radical (unpaired) electrons. The average Bonchev–Trinajstić information content (AvgIpc) is 2.82. The molecule has 1 aromatic rings. The minimum atomic E-state index is 0.632. The number of hydrogen-bond acceptors (Lipinski definition) is 4. The molecular weight excluding hydrogens is 288 g/mol. The summed E-state index contributed by atoms with van der Waals surface area (Å²) in [6.07, 6.45) is 5.66. The number of piperidine rings is 1. The Balaban J connectivity index is 1.62. The molecule has 0 spiro atoms. The van der Waals surface area contributed by atoms with Crippen molar-refractivity contribution in [3.63, 3.8) is 0 Å². The van der Waals surface area contributed by atoms with Gasteiger partial charge in [-0.15, -0.1) is 0 Å². The van der Waals surface area contributed by atoms with Crippen LogP contribution < -0.4 is 0 Å². The standard InChI is InChI=1S/C15H25ClN4O/c1-18-14(16)10-17-15(18)12-20-5-3-2-4-13(20)11-19-6-8-21-9-7-19/h10,13H,2-9,11-12H2,1H3. The number of halogens is 1. The van der Waals surface area contributed by atoms with Crippen molar-refractivity contribution in [3.8, 4) is 0 Å². The Morgan fingerprint density at radius 2 is 2.10 bits per heavy atom. The first kappa shape index (κ1) is 15.3. The van der Waals surface area contributed by atoms with Crippen LogP contribution in [0.4, 0.5) is 0 Å². The molecule has 0 saturated carbocycles. The molecule has 2 saturated heterocycles. The van der Waals surface area contributed by atoms with Crippen LogP contribution in [0.3, 0.4) is 0 Å². The van der Waals surface area contributed by atoms with Crippen LogP contribution in [0.5, 0.6) is 0 Å². The van der Waals surface area contributed by atoms with Crippen LogP contribution in [0.2, 0.25) is 5.15 Å². The molecule has 1 atom stereocenters. The Labute approximate surface area is 131 Å². The van der Waals surface area contributed by atoms with Gasteiger partial charge in [0.05, 0.1) is 26.0 Å². The van der Waals surface area contributed by atoms with Crippen LogP contribution >= 0.6 is 11.6 Å². The second-order valence-electron chi connectivity index (χ2n) is 6.09. The fourth-order valence-electron chi connectivity index (χ4n) is 3.31. The first-order chi connectivity index (χ1) is 10.2. The minimum Gasteiger partial charge on any atom is -0.379 e. The lowest BCUT2D eigenvalue weighted by atomic mass is 10.0. The summed E-state index contributed by atoms with van der Waals surface area (Å²) < 4.78 is 7.43. The quantitative estimate of drug-likeness (QED) is 0.848. The summed E-state index contributed by atoms with van der Waals surface area (Å²) in [6.45, 7) is 7.11. The lowest BCUT2D eigenvalue weighted by Crippen LogP contribution is -2.49. The van der Waals surface area contributed by atoms with Gasteiger partial charge in [-0.05, 0) is 19.4 Å². The van der Waals surface area contributed by atoms with E-state index in [0.29, 0.717) is 11.2 Å². The van der Waals surface area contributed by atoms with Gasteiger partial charge < -0.3 is 9.30 Å². The Morgan fingerprint density at radius 1 is 1.29 bits per heavy atom. The van der Waals surface area contributed by atoms with Crippen LogP contribution in [0.25, 0.3) is 0 Å². The van der Waals surface area contributed by atoms with Crippen LogP contribution in [0, 0.1) is 0 Å². The van der Waals surface area contributed by atoms with Crippen molar-refractivity contribution >= 4 is 11.6 Å². The zero-order valence-electron chi connectivity index (χ0n) is 12.8. The zero-order chi connectivity index (χ0) is 14.7. The summed E-state index contributed by atoms with van der Waals surface area (Å²) in [5, 5.41) is 0.715. The first-order valence-electron chi connectivity index (χ1n) is 7.94. The van der Waals surface area contributed by atoms with E-state index < -0.39 is 0 Å². The van der Waals surface area contributed by atoms with E-state index in [-0.39, 0.29) is 0 Å². The van der Waals surface area contributed by atoms with Gasteiger partial charge in [0, 0.05) is 32.7 Å². The van der Waals surface area contributed by atoms with Crippen LogP contribution in [-0.4, -0.2) is 64.8 Å². The second-order valence-corrected chi connectivity index (χ2v) is 6.48. The van der Waals surface area contributed by atoms with Gasteiger partial charge in [0.1, 0.15) is 11.0 Å². The third kappa shape index (κ3) is 3.77. The molecule has 21 heavy (non-hydrogen) atoms. The fourth-order valence-corrected chi connectivity index (χ4v) is 3.46. The third-order valence-electron chi connectivity index (χ3n) is 4.69. The molecule has 118 valence electrons. The van der Waals surface area contributed by atoms with E-state index in [9.17, 15) is 0 Å². The normalized spacial score (nSPS) is 25.3. The topological polar surface area (TPSA) is 33.5 Å². The van der Waals surface area contributed by atoms with E-state index in [4.69, 9.17) is 16.3 Å². The van der Waals surface area contributed by atoms with Crippen molar-refractivity contribution < 1.29 is 4.74 Å². The number of ether oxygens (including phenoxy) is 1. The number of nitrogens with zero attached hydrogens (tertiary/aromatic N) is 4. The number of likely N-dealkylation sites (tertiary alicyclic amines) is 1. The van der Waals surface area contributed by atoms with Gasteiger partial charge in [-0.25, -0.2) is 4.98 Å². The molecule has 2 fully saturated rings. The highest BCUT2D eigenvalue weighted by atomic mass is 35.5. The van der Waals surface area contributed by atoms with Crippen molar-refractivity contribution in [1.82, 2.24) is 19.4 Å². The van der Waals surface area contributed by atoms with E-state index in [1.165, 1.54) is 25.8 Å². The summed E-state index contributed by atoms with van der Waals surface area (Å²) in [7, 11) is 1.99. The molecule has 0 bridgehead atoms. The number of rotatable bonds is 4. The Morgan fingerprint density at radius 3 is 2.81 bits per heavy atom. The molecule has 0 aromatic carbocycles. The van der Waals surface area contributed by atoms with Gasteiger partial charge in [0.15, 0.2) is 0 Å². The summed E-state index contributed by atoms with van der Waals surface area (Å²) >= 11 is 6.10. The molecule has 6 heteroatoms. The number of imidazole rings is 1. The molecule has 0 aliphatic carbocycles. The maximum Gasteiger partial charge on any atom is 0.128 e. The second kappa shape index (κ2) is 7.09. The van der Waals surface area contributed by atoms with Gasteiger partial charge in [-0.3, -0.25) is 9.80 Å². The van der Waals surface area contributed by atoms with Crippen LogP contribution in [0.15, 0.2) is 6.20 Å². The average molecular weight is 313 g/mol. The molecule has 3 rings (SSSR count). The molecule has 0 amide bonds. The Bertz CT molecular complexity index is 459. The van der Waals surface area contributed by atoms with E-state index in [1.54, 1.807) is 6.20 Å². The van der Waals surface area contributed by atoms with Gasteiger partial charge >= 0.3 is 0 Å². The van der Waals surface area contributed by atoms with Crippen LogP contribution in [-0.2, 0) is 18.3 Å². The van der Waals surface area contributed by atoms with Gasteiger partial charge in [-0.2, -0.15) is 0 Å². The molecular formula is C15H25ClN4O. The molecule has 1 aromatic heterocycles. The number of morpholine rings is 1. The fraction of sp³-hybridized carbons (Fsp3) is 0.800. The highest BCUT2D eigenvalue weighted by Crippen LogP contribution is 2.21. The predicted molar refractivity (Wildman–Crippen MR) is 83.5 cm³/mol. The van der Waals surface area contributed by atoms with E-state index in [0.717, 1.165) is 45.2 Å². The van der Waals surface area contributed by atoms with E-state index >= 15 is 0 Å².